The smallest absolute Gasteiger partial charge is 0.244 e. The van der Waals surface area contributed by atoms with E-state index in [4.69, 9.17) is 9.47 Å². The standard InChI is InChI=1S/C15H16N2O5S2/c1-9(18)16-15-17(11-7-24(19,20)8-14(11)23-15)10-2-3-12-13(6-10)22-5-4-21-12/h2-3,6,11,14H,4-5,7-8H2,1H3. The number of hydrogen-bond donors (Lipinski definition) is 0. The first-order valence-corrected chi connectivity index (χ1v) is 10.3. The van der Waals surface area contributed by atoms with Crippen LogP contribution in [0.2, 0.25) is 0 Å². The van der Waals surface area contributed by atoms with Crippen LogP contribution in [0.15, 0.2) is 23.2 Å². The summed E-state index contributed by atoms with van der Waals surface area (Å²) in [5, 5.41) is 0.436. The van der Waals surface area contributed by atoms with Gasteiger partial charge in [-0.3, -0.25) is 4.79 Å². The van der Waals surface area contributed by atoms with Crippen molar-refractivity contribution in [3.63, 3.8) is 0 Å². The van der Waals surface area contributed by atoms with Gasteiger partial charge in [-0.1, -0.05) is 11.8 Å². The highest BCUT2D eigenvalue weighted by molar-refractivity contribution is 8.16. The van der Waals surface area contributed by atoms with Crippen LogP contribution in [0.25, 0.3) is 0 Å². The minimum absolute atomic E-state index is 0.0655. The Morgan fingerprint density at radius 2 is 2.00 bits per heavy atom. The van der Waals surface area contributed by atoms with Gasteiger partial charge in [0.1, 0.15) is 13.2 Å². The average Bonchev–Trinajstić information content (AvgIpc) is 2.97. The van der Waals surface area contributed by atoms with Crippen LogP contribution >= 0.6 is 11.8 Å². The number of amidine groups is 1. The number of hydrogen-bond acceptors (Lipinski definition) is 6. The molecule has 0 radical (unpaired) electrons. The van der Waals surface area contributed by atoms with Gasteiger partial charge in [-0.05, 0) is 12.1 Å². The number of carbonyl (C=O) groups excluding carboxylic acids is 1. The fraction of sp³-hybridized carbons (Fsp3) is 0.467. The molecule has 3 aliphatic heterocycles. The van der Waals surface area contributed by atoms with E-state index in [2.05, 4.69) is 4.99 Å². The zero-order valence-corrected chi connectivity index (χ0v) is 14.6. The highest BCUT2D eigenvalue weighted by Gasteiger charge is 2.49. The summed E-state index contributed by atoms with van der Waals surface area (Å²) in [4.78, 5) is 17.4. The molecule has 1 amide bonds. The number of fused-ring (bicyclic) bond motifs is 2. The third-order valence-electron chi connectivity index (χ3n) is 4.12. The van der Waals surface area contributed by atoms with Gasteiger partial charge in [-0.25, -0.2) is 8.42 Å². The van der Waals surface area contributed by atoms with E-state index in [1.54, 1.807) is 6.07 Å². The normalized spacial score (nSPS) is 28.9. The second-order valence-corrected chi connectivity index (χ2v) is 9.27. The van der Waals surface area contributed by atoms with Gasteiger partial charge in [0.15, 0.2) is 26.5 Å². The first-order chi connectivity index (χ1) is 11.4. The molecule has 2 atom stereocenters. The third-order valence-corrected chi connectivity index (χ3v) is 7.33. The second-order valence-electron chi connectivity index (χ2n) is 5.91. The Morgan fingerprint density at radius 1 is 1.25 bits per heavy atom. The molecule has 0 saturated carbocycles. The van der Waals surface area contributed by atoms with Crippen molar-refractivity contribution in [3.05, 3.63) is 18.2 Å². The summed E-state index contributed by atoms with van der Waals surface area (Å²) in [7, 11) is -3.07. The van der Waals surface area contributed by atoms with Crippen molar-refractivity contribution >= 4 is 38.4 Å². The van der Waals surface area contributed by atoms with Crippen LogP contribution < -0.4 is 14.4 Å². The molecular weight excluding hydrogens is 352 g/mol. The molecule has 3 heterocycles. The molecule has 0 aliphatic carbocycles. The van der Waals surface area contributed by atoms with Gasteiger partial charge >= 0.3 is 0 Å². The predicted octanol–water partition coefficient (Wildman–Crippen LogP) is 1.08. The average molecular weight is 368 g/mol. The molecule has 128 valence electrons. The second kappa shape index (κ2) is 5.66. The minimum Gasteiger partial charge on any atom is -0.486 e. The van der Waals surface area contributed by atoms with E-state index in [1.807, 2.05) is 17.0 Å². The molecule has 2 saturated heterocycles. The highest BCUT2D eigenvalue weighted by atomic mass is 32.2. The summed E-state index contributed by atoms with van der Waals surface area (Å²) in [6, 6.07) is 5.24. The first-order valence-electron chi connectivity index (χ1n) is 7.58. The quantitative estimate of drug-likeness (QED) is 0.733. The van der Waals surface area contributed by atoms with Crippen molar-refractivity contribution in [1.29, 1.82) is 0 Å². The molecule has 7 nitrogen and oxygen atoms in total. The van der Waals surface area contributed by atoms with E-state index < -0.39 is 9.84 Å². The van der Waals surface area contributed by atoms with Gasteiger partial charge in [0.25, 0.3) is 0 Å². The Bertz CT molecular complexity index is 836. The molecule has 0 bridgehead atoms. The lowest BCUT2D eigenvalue weighted by molar-refractivity contribution is -0.115. The molecule has 2 fully saturated rings. The monoisotopic (exact) mass is 368 g/mol. The zero-order chi connectivity index (χ0) is 16.9. The summed E-state index contributed by atoms with van der Waals surface area (Å²) in [6.45, 7) is 2.37. The Kier molecular flexibility index (Phi) is 3.72. The summed E-state index contributed by atoms with van der Waals surface area (Å²) >= 11 is 1.36. The highest BCUT2D eigenvalue weighted by Crippen LogP contribution is 2.43. The van der Waals surface area contributed by atoms with Crippen molar-refractivity contribution in [3.8, 4) is 11.5 Å². The SMILES string of the molecule is CC(=O)N=C1SC2CS(=O)(=O)CC2N1c1ccc2c(c1)OCCO2. The summed E-state index contributed by atoms with van der Waals surface area (Å²) in [5.41, 5.74) is 0.761. The topological polar surface area (TPSA) is 85.3 Å². The number of rotatable bonds is 1. The van der Waals surface area contributed by atoms with Crippen molar-refractivity contribution in [1.82, 2.24) is 0 Å². The Morgan fingerprint density at radius 3 is 2.75 bits per heavy atom. The van der Waals surface area contributed by atoms with E-state index in [0.717, 1.165) is 5.69 Å². The zero-order valence-electron chi connectivity index (χ0n) is 13.0. The Hall–Kier alpha value is -1.74. The van der Waals surface area contributed by atoms with Gasteiger partial charge in [0, 0.05) is 23.9 Å². The van der Waals surface area contributed by atoms with E-state index >= 15 is 0 Å². The third kappa shape index (κ3) is 2.75. The Balaban J connectivity index is 1.75. The fourth-order valence-corrected chi connectivity index (χ4v) is 7.14. The first kappa shape index (κ1) is 15.8. The van der Waals surface area contributed by atoms with Crippen LogP contribution in [0.1, 0.15) is 6.92 Å². The lowest BCUT2D eigenvalue weighted by Crippen LogP contribution is -2.37. The molecule has 9 heteroatoms. The molecule has 24 heavy (non-hydrogen) atoms. The number of ether oxygens (including phenoxy) is 2. The van der Waals surface area contributed by atoms with Crippen LogP contribution in [0.3, 0.4) is 0 Å². The maximum absolute atomic E-state index is 12.0. The van der Waals surface area contributed by atoms with Crippen molar-refractivity contribution in [2.24, 2.45) is 4.99 Å². The molecular formula is C15H16N2O5S2. The van der Waals surface area contributed by atoms with Gasteiger partial charge in [-0.15, -0.1) is 0 Å². The van der Waals surface area contributed by atoms with Crippen molar-refractivity contribution < 1.29 is 22.7 Å². The van der Waals surface area contributed by atoms with Crippen LogP contribution in [0, 0.1) is 0 Å². The number of amides is 1. The van der Waals surface area contributed by atoms with E-state index in [0.29, 0.717) is 29.9 Å². The maximum atomic E-state index is 12.0. The molecule has 0 aromatic heterocycles. The van der Waals surface area contributed by atoms with Crippen LogP contribution in [-0.2, 0) is 14.6 Å². The molecule has 0 N–H and O–H groups in total. The van der Waals surface area contributed by atoms with Crippen molar-refractivity contribution in [2.45, 2.75) is 18.2 Å². The van der Waals surface area contributed by atoms with Gasteiger partial charge in [0.05, 0.1) is 17.5 Å². The van der Waals surface area contributed by atoms with E-state index in [9.17, 15) is 13.2 Å². The fourth-order valence-electron chi connectivity index (χ4n) is 3.18. The summed E-state index contributed by atoms with van der Waals surface area (Å²) in [5.74, 6) is 1.16. The molecule has 3 aliphatic rings. The molecule has 0 spiro atoms. The van der Waals surface area contributed by atoms with Crippen molar-refractivity contribution in [2.75, 3.05) is 29.6 Å². The lowest BCUT2D eigenvalue weighted by atomic mass is 10.2. The number of thioether (sulfide) groups is 1. The summed E-state index contributed by atoms with van der Waals surface area (Å²) in [6.07, 6.45) is 0. The van der Waals surface area contributed by atoms with E-state index in [-0.39, 0.29) is 28.7 Å². The van der Waals surface area contributed by atoms with Gasteiger partial charge < -0.3 is 14.4 Å². The number of aliphatic imine (C=N–C) groups is 1. The van der Waals surface area contributed by atoms with Crippen LogP contribution in [-0.4, -0.2) is 55.5 Å². The molecule has 4 rings (SSSR count). The number of benzene rings is 1. The molecule has 1 aromatic carbocycles. The number of carbonyl (C=O) groups is 1. The van der Waals surface area contributed by atoms with Gasteiger partial charge in [-0.2, -0.15) is 4.99 Å². The largest absolute Gasteiger partial charge is 0.486 e. The van der Waals surface area contributed by atoms with Gasteiger partial charge in [0.2, 0.25) is 5.91 Å². The number of anilines is 1. The van der Waals surface area contributed by atoms with E-state index in [1.165, 1.54) is 18.7 Å². The Labute approximate surface area is 143 Å². The number of nitrogens with zero attached hydrogens (tertiary/aromatic N) is 2. The summed E-state index contributed by atoms with van der Waals surface area (Å²) < 4.78 is 35.1. The predicted molar refractivity (Wildman–Crippen MR) is 91.8 cm³/mol. The number of sulfone groups is 1. The molecule has 1 aromatic rings. The van der Waals surface area contributed by atoms with Crippen LogP contribution in [0.5, 0.6) is 11.5 Å². The minimum atomic E-state index is -3.07. The van der Waals surface area contributed by atoms with Crippen LogP contribution in [0.4, 0.5) is 5.69 Å². The maximum Gasteiger partial charge on any atom is 0.244 e. The molecule has 2 unspecified atom stereocenters. The lowest BCUT2D eigenvalue weighted by Gasteiger charge is -2.26.